The summed E-state index contributed by atoms with van der Waals surface area (Å²) in [4.78, 5) is 0. The SMILES string of the molecule is CCCCOC(CO)c1ccccc1C(C)C. The quantitative estimate of drug-likeness (QED) is 0.732. The zero-order chi connectivity index (χ0) is 12.7. The summed E-state index contributed by atoms with van der Waals surface area (Å²) in [5, 5.41) is 9.46. The molecule has 1 atom stereocenters. The van der Waals surface area contributed by atoms with E-state index in [2.05, 4.69) is 32.9 Å². The van der Waals surface area contributed by atoms with Gasteiger partial charge in [0.05, 0.1) is 6.61 Å². The average molecular weight is 236 g/mol. The van der Waals surface area contributed by atoms with E-state index < -0.39 is 0 Å². The summed E-state index contributed by atoms with van der Waals surface area (Å²) < 4.78 is 5.76. The minimum Gasteiger partial charge on any atom is -0.393 e. The summed E-state index contributed by atoms with van der Waals surface area (Å²) in [6.45, 7) is 7.24. The molecular weight excluding hydrogens is 212 g/mol. The van der Waals surface area contributed by atoms with Crippen LogP contribution in [-0.2, 0) is 4.74 Å². The molecule has 0 aliphatic rings. The van der Waals surface area contributed by atoms with Crippen LogP contribution in [0.5, 0.6) is 0 Å². The van der Waals surface area contributed by atoms with E-state index in [1.807, 2.05) is 12.1 Å². The van der Waals surface area contributed by atoms with Crippen LogP contribution in [0.3, 0.4) is 0 Å². The summed E-state index contributed by atoms with van der Waals surface area (Å²) in [7, 11) is 0. The van der Waals surface area contributed by atoms with Crippen LogP contribution in [0.25, 0.3) is 0 Å². The van der Waals surface area contributed by atoms with E-state index in [9.17, 15) is 5.11 Å². The number of rotatable bonds is 7. The topological polar surface area (TPSA) is 29.5 Å². The molecule has 0 radical (unpaired) electrons. The maximum absolute atomic E-state index is 9.46. The zero-order valence-corrected chi connectivity index (χ0v) is 11.1. The minimum absolute atomic E-state index is 0.0491. The number of aliphatic hydroxyl groups is 1. The molecule has 0 aromatic heterocycles. The number of benzene rings is 1. The molecule has 0 saturated carbocycles. The first-order chi connectivity index (χ1) is 8.20. The lowest BCUT2D eigenvalue weighted by Gasteiger charge is -2.20. The molecule has 0 amide bonds. The molecule has 0 aliphatic heterocycles. The second-order valence-electron chi connectivity index (χ2n) is 4.68. The van der Waals surface area contributed by atoms with Gasteiger partial charge < -0.3 is 9.84 Å². The normalized spacial score (nSPS) is 13.0. The van der Waals surface area contributed by atoms with Gasteiger partial charge in [0.25, 0.3) is 0 Å². The van der Waals surface area contributed by atoms with Gasteiger partial charge in [-0.3, -0.25) is 0 Å². The predicted molar refractivity (Wildman–Crippen MR) is 71.2 cm³/mol. The molecule has 2 heteroatoms. The maximum atomic E-state index is 9.46. The molecule has 0 aliphatic carbocycles. The van der Waals surface area contributed by atoms with E-state index in [1.165, 1.54) is 5.56 Å². The Bertz CT molecular complexity index is 320. The van der Waals surface area contributed by atoms with Gasteiger partial charge in [0.2, 0.25) is 0 Å². The van der Waals surface area contributed by atoms with Gasteiger partial charge in [-0.1, -0.05) is 51.5 Å². The third kappa shape index (κ3) is 4.14. The van der Waals surface area contributed by atoms with Crippen molar-refractivity contribution in [3.05, 3.63) is 35.4 Å². The fourth-order valence-electron chi connectivity index (χ4n) is 1.94. The molecule has 0 fully saturated rings. The van der Waals surface area contributed by atoms with Gasteiger partial charge in [-0.15, -0.1) is 0 Å². The molecule has 0 saturated heterocycles. The number of unbranched alkanes of at least 4 members (excludes halogenated alkanes) is 1. The molecule has 0 bridgehead atoms. The van der Waals surface area contributed by atoms with Crippen LogP contribution in [0.1, 0.15) is 56.8 Å². The summed E-state index contributed by atoms with van der Waals surface area (Å²) in [6.07, 6.45) is 1.98. The Kier molecular flexibility index (Phi) is 6.23. The van der Waals surface area contributed by atoms with Gasteiger partial charge in [-0.05, 0) is 23.5 Å². The van der Waals surface area contributed by atoms with Crippen molar-refractivity contribution in [1.82, 2.24) is 0 Å². The predicted octanol–water partition coefficient (Wildman–Crippen LogP) is 3.66. The van der Waals surface area contributed by atoms with Crippen molar-refractivity contribution in [2.75, 3.05) is 13.2 Å². The molecule has 96 valence electrons. The van der Waals surface area contributed by atoms with Gasteiger partial charge in [0.1, 0.15) is 6.10 Å². The van der Waals surface area contributed by atoms with Crippen molar-refractivity contribution in [1.29, 1.82) is 0 Å². The van der Waals surface area contributed by atoms with Gasteiger partial charge >= 0.3 is 0 Å². The highest BCUT2D eigenvalue weighted by molar-refractivity contribution is 5.31. The van der Waals surface area contributed by atoms with E-state index in [0.29, 0.717) is 12.5 Å². The molecule has 1 rings (SSSR count). The number of aliphatic hydroxyl groups excluding tert-OH is 1. The van der Waals surface area contributed by atoms with Gasteiger partial charge in [0.15, 0.2) is 0 Å². The fourth-order valence-corrected chi connectivity index (χ4v) is 1.94. The summed E-state index contributed by atoms with van der Waals surface area (Å²) in [6, 6.07) is 8.22. The Morgan fingerprint density at radius 3 is 2.35 bits per heavy atom. The van der Waals surface area contributed by atoms with E-state index in [4.69, 9.17) is 4.74 Å². The number of hydrogen-bond acceptors (Lipinski definition) is 2. The molecular formula is C15H24O2. The Morgan fingerprint density at radius 2 is 1.82 bits per heavy atom. The minimum atomic E-state index is -0.180. The van der Waals surface area contributed by atoms with Crippen molar-refractivity contribution < 1.29 is 9.84 Å². The Labute approximate surface area is 105 Å². The lowest BCUT2D eigenvalue weighted by Crippen LogP contribution is -2.12. The van der Waals surface area contributed by atoms with Crippen LogP contribution in [-0.4, -0.2) is 18.3 Å². The fraction of sp³-hybridized carbons (Fsp3) is 0.600. The number of hydrogen-bond donors (Lipinski definition) is 1. The van der Waals surface area contributed by atoms with Crippen LogP contribution in [0, 0.1) is 0 Å². The standard InChI is InChI=1S/C15H24O2/c1-4-5-10-17-15(11-16)14-9-7-6-8-13(14)12(2)3/h6-9,12,15-16H,4-5,10-11H2,1-3H3. The van der Waals surface area contributed by atoms with E-state index in [0.717, 1.165) is 18.4 Å². The van der Waals surface area contributed by atoms with Crippen LogP contribution in [0.4, 0.5) is 0 Å². The van der Waals surface area contributed by atoms with Crippen molar-refractivity contribution in [3.8, 4) is 0 Å². The van der Waals surface area contributed by atoms with Gasteiger partial charge in [0, 0.05) is 6.61 Å². The smallest absolute Gasteiger partial charge is 0.106 e. The number of ether oxygens (including phenoxy) is 1. The first-order valence-electron chi connectivity index (χ1n) is 6.52. The van der Waals surface area contributed by atoms with E-state index in [1.54, 1.807) is 0 Å². The largest absolute Gasteiger partial charge is 0.393 e. The van der Waals surface area contributed by atoms with Crippen molar-refractivity contribution in [3.63, 3.8) is 0 Å². The highest BCUT2D eigenvalue weighted by Crippen LogP contribution is 2.27. The van der Waals surface area contributed by atoms with E-state index >= 15 is 0 Å². The molecule has 1 N–H and O–H groups in total. The van der Waals surface area contributed by atoms with Crippen molar-refractivity contribution in [2.45, 2.75) is 45.6 Å². The molecule has 1 aromatic rings. The maximum Gasteiger partial charge on any atom is 0.106 e. The molecule has 17 heavy (non-hydrogen) atoms. The average Bonchev–Trinajstić information content (AvgIpc) is 2.35. The van der Waals surface area contributed by atoms with Crippen molar-refractivity contribution >= 4 is 0 Å². The lowest BCUT2D eigenvalue weighted by atomic mass is 9.94. The Balaban J connectivity index is 2.79. The molecule has 0 heterocycles. The van der Waals surface area contributed by atoms with Gasteiger partial charge in [-0.2, -0.15) is 0 Å². The second kappa shape index (κ2) is 7.46. The van der Waals surface area contributed by atoms with Crippen LogP contribution >= 0.6 is 0 Å². The summed E-state index contributed by atoms with van der Waals surface area (Å²) in [5.74, 6) is 0.454. The third-order valence-electron chi connectivity index (χ3n) is 2.95. The molecule has 2 nitrogen and oxygen atoms in total. The monoisotopic (exact) mass is 236 g/mol. The molecule has 0 spiro atoms. The third-order valence-corrected chi connectivity index (χ3v) is 2.95. The Hall–Kier alpha value is -0.860. The first-order valence-corrected chi connectivity index (χ1v) is 6.52. The highest BCUT2D eigenvalue weighted by Gasteiger charge is 2.15. The molecule has 1 unspecified atom stereocenters. The van der Waals surface area contributed by atoms with E-state index in [-0.39, 0.29) is 12.7 Å². The van der Waals surface area contributed by atoms with Gasteiger partial charge in [-0.25, -0.2) is 0 Å². The summed E-state index contributed by atoms with van der Waals surface area (Å²) in [5.41, 5.74) is 2.39. The van der Waals surface area contributed by atoms with Crippen molar-refractivity contribution in [2.24, 2.45) is 0 Å². The first kappa shape index (κ1) is 14.2. The zero-order valence-electron chi connectivity index (χ0n) is 11.1. The van der Waals surface area contributed by atoms with Crippen LogP contribution < -0.4 is 0 Å². The van der Waals surface area contributed by atoms with Crippen LogP contribution in [0.2, 0.25) is 0 Å². The molecule has 1 aromatic carbocycles. The Morgan fingerprint density at radius 1 is 1.18 bits per heavy atom. The second-order valence-corrected chi connectivity index (χ2v) is 4.68. The highest BCUT2D eigenvalue weighted by atomic mass is 16.5. The van der Waals surface area contributed by atoms with Crippen LogP contribution in [0.15, 0.2) is 24.3 Å². The lowest BCUT2D eigenvalue weighted by molar-refractivity contribution is 0.00978. The summed E-state index contributed by atoms with van der Waals surface area (Å²) >= 11 is 0.